The van der Waals surface area contributed by atoms with E-state index in [1.165, 1.54) is 6.42 Å². The Hall–Kier alpha value is -0.770. The van der Waals surface area contributed by atoms with Crippen LogP contribution in [0.3, 0.4) is 0 Å². The highest BCUT2D eigenvalue weighted by Gasteiger charge is 2.37. The van der Waals surface area contributed by atoms with Gasteiger partial charge in [-0.2, -0.15) is 0 Å². The zero-order valence-electron chi connectivity index (χ0n) is 12.4. The highest BCUT2D eigenvalue weighted by Crippen LogP contribution is 2.37. The summed E-state index contributed by atoms with van der Waals surface area (Å²) < 4.78 is 5.31. The predicted octanol–water partition coefficient (Wildman–Crippen LogP) is 2.66. The molecule has 0 bridgehead atoms. The van der Waals surface area contributed by atoms with Crippen molar-refractivity contribution in [3.05, 3.63) is 0 Å². The fraction of sp³-hybridized carbons (Fsp3) is 0.929. The molecular formula is C14H28N2O2. The van der Waals surface area contributed by atoms with Gasteiger partial charge in [0.2, 0.25) is 0 Å². The number of ether oxygens (including phenoxy) is 1. The second-order valence-corrected chi connectivity index (χ2v) is 6.96. The molecule has 106 valence electrons. The van der Waals surface area contributed by atoms with Crippen molar-refractivity contribution in [2.24, 2.45) is 17.6 Å². The molecule has 1 fully saturated rings. The van der Waals surface area contributed by atoms with Crippen molar-refractivity contribution in [2.75, 3.05) is 6.54 Å². The fourth-order valence-electron chi connectivity index (χ4n) is 2.61. The minimum Gasteiger partial charge on any atom is -0.444 e. The number of rotatable bonds is 3. The number of amides is 1. The highest BCUT2D eigenvalue weighted by atomic mass is 16.6. The molecule has 0 aromatic rings. The van der Waals surface area contributed by atoms with Crippen molar-refractivity contribution in [3.63, 3.8) is 0 Å². The summed E-state index contributed by atoms with van der Waals surface area (Å²) in [5.41, 5.74) is 5.03. The standard InChI is InChI=1S/C14H28N2O2/c1-13(2,3)18-12(17)16-14(4,5)11-7-6-10(8-11)9-15/h10-11H,6-9,15H2,1-5H3,(H,16,17)/t10-,11?/m0/s1. The molecule has 4 heteroatoms. The van der Waals surface area contributed by atoms with Gasteiger partial charge < -0.3 is 15.8 Å². The molecule has 1 aliphatic carbocycles. The van der Waals surface area contributed by atoms with Gasteiger partial charge in [0.15, 0.2) is 0 Å². The molecule has 1 saturated carbocycles. The number of alkyl carbamates (subject to hydrolysis) is 1. The topological polar surface area (TPSA) is 64.3 Å². The van der Waals surface area contributed by atoms with Crippen LogP contribution in [0.2, 0.25) is 0 Å². The van der Waals surface area contributed by atoms with Crippen LogP contribution in [0.1, 0.15) is 53.9 Å². The van der Waals surface area contributed by atoms with Crippen molar-refractivity contribution in [3.8, 4) is 0 Å². The largest absolute Gasteiger partial charge is 0.444 e. The lowest BCUT2D eigenvalue weighted by Gasteiger charge is -2.34. The van der Waals surface area contributed by atoms with Crippen molar-refractivity contribution >= 4 is 6.09 Å². The maximum absolute atomic E-state index is 11.8. The number of nitrogens with two attached hydrogens (primary N) is 1. The van der Waals surface area contributed by atoms with Crippen LogP contribution in [0.15, 0.2) is 0 Å². The second kappa shape index (κ2) is 5.47. The number of carbonyl (C=O) groups excluding carboxylic acids is 1. The molecule has 0 heterocycles. The van der Waals surface area contributed by atoms with Gasteiger partial charge >= 0.3 is 6.09 Å². The maximum atomic E-state index is 11.8. The van der Waals surface area contributed by atoms with E-state index in [4.69, 9.17) is 10.5 Å². The van der Waals surface area contributed by atoms with Crippen molar-refractivity contribution in [2.45, 2.75) is 65.0 Å². The lowest BCUT2D eigenvalue weighted by atomic mass is 9.85. The monoisotopic (exact) mass is 256 g/mol. The number of carbonyl (C=O) groups is 1. The summed E-state index contributed by atoms with van der Waals surface area (Å²) in [7, 11) is 0. The lowest BCUT2D eigenvalue weighted by Crippen LogP contribution is -2.50. The summed E-state index contributed by atoms with van der Waals surface area (Å²) in [4.78, 5) is 11.8. The zero-order valence-corrected chi connectivity index (χ0v) is 12.4. The van der Waals surface area contributed by atoms with Crippen LogP contribution < -0.4 is 11.1 Å². The minimum absolute atomic E-state index is 0.230. The van der Waals surface area contributed by atoms with Gasteiger partial charge in [-0.25, -0.2) is 4.79 Å². The molecule has 2 atom stereocenters. The van der Waals surface area contributed by atoms with Crippen molar-refractivity contribution in [1.82, 2.24) is 5.32 Å². The van der Waals surface area contributed by atoms with Crippen LogP contribution in [0, 0.1) is 11.8 Å². The summed E-state index contributed by atoms with van der Waals surface area (Å²) in [6, 6.07) is 0. The molecular weight excluding hydrogens is 228 g/mol. The van der Waals surface area contributed by atoms with Gasteiger partial charge in [0.05, 0.1) is 0 Å². The van der Waals surface area contributed by atoms with Gasteiger partial charge in [0.1, 0.15) is 5.60 Å². The normalized spacial score (nSPS) is 25.0. The second-order valence-electron chi connectivity index (χ2n) is 6.96. The smallest absolute Gasteiger partial charge is 0.408 e. The summed E-state index contributed by atoms with van der Waals surface area (Å²) >= 11 is 0. The van der Waals surface area contributed by atoms with E-state index in [-0.39, 0.29) is 11.6 Å². The van der Waals surface area contributed by atoms with Gasteiger partial charge in [-0.15, -0.1) is 0 Å². The van der Waals surface area contributed by atoms with E-state index >= 15 is 0 Å². The Morgan fingerprint density at radius 1 is 1.28 bits per heavy atom. The molecule has 1 unspecified atom stereocenters. The number of hydrogen-bond donors (Lipinski definition) is 2. The van der Waals surface area contributed by atoms with E-state index in [2.05, 4.69) is 19.2 Å². The third kappa shape index (κ3) is 4.48. The SMILES string of the molecule is CC(C)(C)OC(=O)NC(C)(C)C1CC[C@H](CN)C1. The maximum Gasteiger partial charge on any atom is 0.408 e. The van der Waals surface area contributed by atoms with E-state index in [0.29, 0.717) is 11.8 Å². The summed E-state index contributed by atoms with van der Waals surface area (Å²) in [5, 5.41) is 3.00. The van der Waals surface area contributed by atoms with Crippen LogP contribution >= 0.6 is 0 Å². The highest BCUT2D eigenvalue weighted by molar-refractivity contribution is 5.68. The molecule has 0 saturated heterocycles. The average molecular weight is 256 g/mol. The van der Waals surface area contributed by atoms with Gasteiger partial charge in [0, 0.05) is 5.54 Å². The van der Waals surface area contributed by atoms with Crippen molar-refractivity contribution < 1.29 is 9.53 Å². The predicted molar refractivity (Wildman–Crippen MR) is 73.3 cm³/mol. The minimum atomic E-state index is -0.449. The molecule has 0 aromatic heterocycles. The summed E-state index contributed by atoms with van der Waals surface area (Å²) in [6.45, 7) is 10.5. The van der Waals surface area contributed by atoms with Gasteiger partial charge in [0.25, 0.3) is 0 Å². The molecule has 18 heavy (non-hydrogen) atoms. The Bertz CT molecular complexity index is 295. The lowest BCUT2D eigenvalue weighted by molar-refractivity contribution is 0.0436. The molecule has 0 radical (unpaired) electrons. The first-order chi connectivity index (χ1) is 8.14. The third-order valence-corrected chi connectivity index (χ3v) is 3.72. The Kier molecular flexibility index (Phi) is 4.65. The first-order valence-electron chi connectivity index (χ1n) is 6.85. The van der Waals surface area contributed by atoms with Crippen molar-refractivity contribution in [1.29, 1.82) is 0 Å². The van der Waals surface area contributed by atoms with Crippen LogP contribution in [-0.2, 0) is 4.74 Å². The first-order valence-corrected chi connectivity index (χ1v) is 6.85. The van der Waals surface area contributed by atoms with Gasteiger partial charge in [-0.05, 0) is 72.3 Å². The molecule has 0 aromatic carbocycles. The quantitative estimate of drug-likeness (QED) is 0.816. The Morgan fingerprint density at radius 3 is 2.33 bits per heavy atom. The number of nitrogens with one attached hydrogen (secondary N) is 1. The molecule has 1 rings (SSSR count). The first kappa shape index (κ1) is 15.3. The Labute approximate surface area is 111 Å². The molecule has 4 nitrogen and oxygen atoms in total. The summed E-state index contributed by atoms with van der Waals surface area (Å²) in [6.07, 6.45) is 3.06. The molecule has 0 aliphatic heterocycles. The van der Waals surface area contributed by atoms with Gasteiger partial charge in [-0.3, -0.25) is 0 Å². The Balaban J connectivity index is 2.52. The van der Waals surface area contributed by atoms with E-state index < -0.39 is 5.60 Å². The van der Waals surface area contributed by atoms with Crippen LogP contribution in [-0.4, -0.2) is 23.8 Å². The third-order valence-electron chi connectivity index (χ3n) is 3.72. The zero-order chi connectivity index (χ0) is 14.0. The van der Waals surface area contributed by atoms with E-state index in [1.54, 1.807) is 0 Å². The van der Waals surface area contributed by atoms with Gasteiger partial charge in [-0.1, -0.05) is 0 Å². The van der Waals surface area contributed by atoms with E-state index in [9.17, 15) is 4.79 Å². The summed E-state index contributed by atoms with van der Waals surface area (Å²) in [5.74, 6) is 1.09. The Morgan fingerprint density at radius 2 is 1.89 bits per heavy atom. The number of hydrogen-bond acceptors (Lipinski definition) is 3. The average Bonchev–Trinajstić information content (AvgIpc) is 2.61. The molecule has 1 aliphatic rings. The molecule has 0 spiro atoms. The van der Waals surface area contributed by atoms with E-state index in [0.717, 1.165) is 19.4 Å². The van der Waals surface area contributed by atoms with Crippen LogP contribution in [0.4, 0.5) is 4.79 Å². The van der Waals surface area contributed by atoms with Crippen LogP contribution in [0.5, 0.6) is 0 Å². The fourth-order valence-corrected chi connectivity index (χ4v) is 2.61. The van der Waals surface area contributed by atoms with E-state index in [1.807, 2.05) is 20.8 Å². The molecule has 1 amide bonds. The molecule has 3 N–H and O–H groups in total. The van der Waals surface area contributed by atoms with Crippen LogP contribution in [0.25, 0.3) is 0 Å².